The van der Waals surface area contributed by atoms with E-state index in [0.717, 1.165) is 25.2 Å². The number of halogens is 3. The molecule has 1 saturated heterocycles. The number of carbonyl (C=O) groups excluding carboxylic acids is 1. The third kappa shape index (κ3) is 6.13. The molecule has 0 radical (unpaired) electrons. The van der Waals surface area contributed by atoms with Crippen molar-refractivity contribution >= 4 is 23.5 Å². The molecule has 2 aromatic rings. The molecule has 3 rings (SSSR count). The van der Waals surface area contributed by atoms with Gasteiger partial charge >= 0.3 is 12.2 Å². The van der Waals surface area contributed by atoms with E-state index in [0.29, 0.717) is 35.4 Å². The Kier molecular flexibility index (Phi) is 6.79. The third-order valence-corrected chi connectivity index (χ3v) is 5.45. The van der Waals surface area contributed by atoms with E-state index >= 15 is 0 Å². The second-order valence-corrected chi connectivity index (χ2v) is 7.47. The van der Waals surface area contributed by atoms with Crippen molar-refractivity contribution in [3.63, 3.8) is 0 Å². The third-order valence-electron chi connectivity index (χ3n) is 4.31. The first-order valence-corrected chi connectivity index (χ1v) is 9.85. The van der Waals surface area contributed by atoms with Crippen LogP contribution >= 0.6 is 11.8 Å². The predicted molar refractivity (Wildman–Crippen MR) is 103 cm³/mol. The summed E-state index contributed by atoms with van der Waals surface area (Å²) in [6.07, 6.45) is -0.697. The van der Waals surface area contributed by atoms with E-state index < -0.39 is 11.9 Å². The number of thioether (sulfide) groups is 1. The van der Waals surface area contributed by atoms with Gasteiger partial charge in [0.1, 0.15) is 0 Å². The predicted octanol–water partition coefficient (Wildman–Crippen LogP) is 4.09. The van der Waals surface area contributed by atoms with Crippen molar-refractivity contribution in [3.8, 4) is 0 Å². The molecule has 1 aromatic carbocycles. The van der Waals surface area contributed by atoms with Crippen LogP contribution in [-0.2, 0) is 6.54 Å². The van der Waals surface area contributed by atoms with Crippen molar-refractivity contribution in [2.24, 2.45) is 0 Å². The van der Waals surface area contributed by atoms with E-state index in [-0.39, 0.29) is 6.03 Å². The number of rotatable bonds is 5. The Labute approximate surface area is 165 Å². The molecule has 2 heterocycles. The number of para-hydroxylation sites is 1. The lowest BCUT2D eigenvalue weighted by Crippen LogP contribution is -2.49. The average molecular weight is 410 g/mol. The highest BCUT2D eigenvalue weighted by Gasteiger charge is 2.28. The second kappa shape index (κ2) is 9.29. The Bertz CT molecular complexity index is 780. The standard InChI is InChI=1S/C19H21F3N4OS/c20-19(21,22)14-28-17-6-2-1-5-16(17)24-18(27)26-10-8-25(9-11-26)13-15-4-3-7-23-12-15/h1-7,12H,8-11,13-14H2,(H,24,27). The number of benzene rings is 1. The van der Waals surface area contributed by atoms with Crippen LogP contribution in [0.2, 0.25) is 0 Å². The number of carbonyl (C=O) groups is 1. The molecule has 0 saturated carbocycles. The van der Waals surface area contributed by atoms with Crippen LogP contribution in [-0.4, -0.2) is 58.9 Å². The Hall–Kier alpha value is -2.26. The number of aromatic nitrogens is 1. The lowest BCUT2D eigenvalue weighted by atomic mass is 10.2. The summed E-state index contributed by atoms with van der Waals surface area (Å²) in [5.74, 6) is -0.993. The molecule has 0 aliphatic carbocycles. The summed E-state index contributed by atoms with van der Waals surface area (Å²) in [5.41, 5.74) is 1.52. The molecule has 0 bridgehead atoms. The number of amides is 2. The first-order valence-electron chi connectivity index (χ1n) is 8.86. The first kappa shape index (κ1) is 20.5. The summed E-state index contributed by atoms with van der Waals surface area (Å²) in [7, 11) is 0. The van der Waals surface area contributed by atoms with Gasteiger partial charge in [-0.3, -0.25) is 9.88 Å². The summed E-state index contributed by atoms with van der Waals surface area (Å²) >= 11 is 0.672. The number of urea groups is 1. The lowest BCUT2D eigenvalue weighted by Gasteiger charge is -2.34. The topological polar surface area (TPSA) is 48.5 Å². The van der Waals surface area contributed by atoms with Crippen LogP contribution in [0.15, 0.2) is 53.7 Å². The van der Waals surface area contributed by atoms with E-state index in [1.54, 1.807) is 35.4 Å². The average Bonchev–Trinajstić information content (AvgIpc) is 2.68. The smallest absolute Gasteiger partial charge is 0.322 e. The number of nitrogens with zero attached hydrogens (tertiary/aromatic N) is 3. The molecule has 1 fully saturated rings. The molecular formula is C19H21F3N4OS. The zero-order chi connectivity index (χ0) is 20.0. The Morgan fingerprint density at radius 1 is 1.11 bits per heavy atom. The Morgan fingerprint density at radius 3 is 2.54 bits per heavy atom. The molecule has 1 N–H and O–H groups in total. The highest BCUT2D eigenvalue weighted by molar-refractivity contribution is 7.99. The fourth-order valence-electron chi connectivity index (χ4n) is 2.91. The van der Waals surface area contributed by atoms with E-state index in [1.165, 1.54) is 0 Å². The summed E-state index contributed by atoms with van der Waals surface area (Å²) in [6, 6.07) is 10.2. The van der Waals surface area contributed by atoms with E-state index in [4.69, 9.17) is 0 Å². The maximum Gasteiger partial charge on any atom is 0.398 e. The maximum atomic E-state index is 12.5. The van der Waals surface area contributed by atoms with Crippen LogP contribution < -0.4 is 5.32 Å². The molecular weight excluding hydrogens is 389 g/mol. The molecule has 2 amide bonds. The van der Waals surface area contributed by atoms with Gasteiger partial charge < -0.3 is 10.2 Å². The van der Waals surface area contributed by atoms with Crippen LogP contribution in [0.1, 0.15) is 5.56 Å². The quantitative estimate of drug-likeness (QED) is 0.755. The van der Waals surface area contributed by atoms with E-state index in [2.05, 4.69) is 15.2 Å². The normalized spacial score (nSPS) is 15.5. The number of pyridine rings is 1. The molecule has 1 aliphatic rings. The molecule has 28 heavy (non-hydrogen) atoms. The highest BCUT2D eigenvalue weighted by Crippen LogP contribution is 2.32. The van der Waals surface area contributed by atoms with Gasteiger partial charge in [0.15, 0.2) is 0 Å². The van der Waals surface area contributed by atoms with Gasteiger partial charge in [0.2, 0.25) is 0 Å². The SMILES string of the molecule is O=C(Nc1ccccc1SCC(F)(F)F)N1CCN(Cc2cccnc2)CC1. The summed E-state index contributed by atoms with van der Waals surface area (Å²) in [5, 5.41) is 2.75. The van der Waals surface area contributed by atoms with E-state index in [1.807, 2.05) is 18.3 Å². The highest BCUT2D eigenvalue weighted by atomic mass is 32.2. The minimum absolute atomic E-state index is 0.291. The number of alkyl halides is 3. The van der Waals surface area contributed by atoms with Crippen LogP contribution in [0.25, 0.3) is 0 Å². The van der Waals surface area contributed by atoms with Gasteiger partial charge in [-0.2, -0.15) is 13.2 Å². The van der Waals surface area contributed by atoms with Crippen molar-refractivity contribution in [1.29, 1.82) is 0 Å². The van der Waals surface area contributed by atoms with Crippen molar-refractivity contribution in [1.82, 2.24) is 14.8 Å². The van der Waals surface area contributed by atoms with Gasteiger partial charge in [-0.15, -0.1) is 11.8 Å². The molecule has 150 valence electrons. The van der Waals surface area contributed by atoms with Crippen LogP contribution in [0.5, 0.6) is 0 Å². The zero-order valence-electron chi connectivity index (χ0n) is 15.2. The molecule has 9 heteroatoms. The van der Waals surface area contributed by atoms with Gasteiger partial charge in [-0.25, -0.2) is 4.79 Å². The van der Waals surface area contributed by atoms with Crippen molar-refractivity contribution in [3.05, 3.63) is 54.4 Å². The Balaban J connectivity index is 1.52. The van der Waals surface area contributed by atoms with Crippen LogP contribution in [0, 0.1) is 0 Å². The van der Waals surface area contributed by atoms with Gasteiger partial charge in [-0.1, -0.05) is 18.2 Å². The summed E-state index contributed by atoms with van der Waals surface area (Å²) in [6.45, 7) is 3.35. The number of nitrogens with one attached hydrogen (secondary N) is 1. The zero-order valence-corrected chi connectivity index (χ0v) is 16.0. The fraction of sp³-hybridized carbons (Fsp3) is 0.368. The Morgan fingerprint density at radius 2 is 1.86 bits per heavy atom. The number of hydrogen-bond donors (Lipinski definition) is 1. The summed E-state index contributed by atoms with van der Waals surface area (Å²) in [4.78, 5) is 21.0. The fourth-order valence-corrected chi connectivity index (χ4v) is 3.68. The summed E-state index contributed by atoms with van der Waals surface area (Å²) < 4.78 is 37.5. The van der Waals surface area contributed by atoms with Gasteiger partial charge in [0.05, 0.1) is 11.4 Å². The molecule has 0 spiro atoms. The lowest BCUT2D eigenvalue weighted by molar-refractivity contribution is -0.105. The van der Waals surface area contributed by atoms with Gasteiger partial charge in [0, 0.05) is 50.0 Å². The molecule has 1 aromatic heterocycles. The van der Waals surface area contributed by atoms with Crippen LogP contribution in [0.4, 0.5) is 23.7 Å². The van der Waals surface area contributed by atoms with Gasteiger partial charge in [-0.05, 0) is 23.8 Å². The minimum atomic E-state index is -4.26. The number of piperazine rings is 1. The van der Waals surface area contributed by atoms with Crippen molar-refractivity contribution < 1.29 is 18.0 Å². The molecule has 0 atom stereocenters. The largest absolute Gasteiger partial charge is 0.398 e. The van der Waals surface area contributed by atoms with Crippen molar-refractivity contribution in [2.45, 2.75) is 17.6 Å². The van der Waals surface area contributed by atoms with Crippen LogP contribution in [0.3, 0.4) is 0 Å². The second-order valence-electron chi connectivity index (χ2n) is 6.45. The monoisotopic (exact) mass is 410 g/mol. The van der Waals surface area contributed by atoms with Crippen molar-refractivity contribution in [2.75, 3.05) is 37.2 Å². The molecule has 0 unspecified atom stereocenters. The minimum Gasteiger partial charge on any atom is -0.322 e. The maximum absolute atomic E-state index is 12.5. The molecule has 1 aliphatic heterocycles. The molecule has 5 nitrogen and oxygen atoms in total. The first-order chi connectivity index (χ1) is 13.4. The van der Waals surface area contributed by atoms with Gasteiger partial charge in [0.25, 0.3) is 0 Å². The number of hydrogen-bond acceptors (Lipinski definition) is 4. The number of anilines is 1. The van der Waals surface area contributed by atoms with E-state index in [9.17, 15) is 18.0 Å².